The molecule has 0 spiro atoms. The van der Waals surface area contributed by atoms with Crippen molar-refractivity contribution >= 4 is 35.0 Å². The number of nitrogens with zero attached hydrogens (tertiary/aromatic N) is 3. The van der Waals surface area contributed by atoms with Crippen LogP contribution in [-0.4, -0.2) is 26.4 Å². The van der Waals surface area contributed by atoms with Crippen LogP contribution in [0.5, 0.6) is 0 Å². The summed E-state index contributed by atoms with van der Waals surface area (Å²) in [5.74, 6) is -0.851. The van der Waals surface area contributed by atoms with Gasteiger partial charge in [-0.25, -0.2) is 8.78 Å². The maximum atomic E-state index is 14.5. The summed E-state index contributed by atoms with van der Waals surface area (Å²) in [5.41, 5.74) is 0.455. The summed E-state index contributed by atoms with van der Waals surface area (Å²) in [7, 11) is 0. The maximum Gasteiger partial charge on any atom is 0.234 e. The molecule has 0 bridgehead atoms. The number of carbonyl (C=O) groups is 1. The molecule has 0 atom stereocenters. The lowest BCUT2D eigenvalue weighted by Crippen LogP contribution is -2.18. The number of anilines is 1. The fourth-order valence-corrected chi connectivity index (χ4v) is 4.74. The highest BCUT2D eigenvalue weighted by atomic mass is 35.5. The van der Waals surface area contributed by atoms with Crippen molar-refractivity contribution in [1.82, 2.24) is 14.8 Å². The minimum atomic E-state index is -0.599. The standard InChI is InChI=1S/C22H21ClF2N4OS/c23-14-10-11-19(18(25)12-14)26-20(30)13-31-22-28-27-21(16-8-4-5-9-17(16)24)29(22)15-6-2-1-3-7-15/h4-5,8-12,15H,1-3,6-7,13H2,(H,26,30). The molecule has 1 amide bonds. The van der Waals surface area contributed by atoms with Gasteiger partial charge in [-0.3, -0.25) is 9.36 Å². The molecule has 162 valence electrons. The molecule has 0 radical (unpaired) electrons. The van der Waals surface area contributed by atoms with E-state index in [-0.39, 0.29) is 34.2 Å². The molecule has 1 saturated carbocycles. The Balaban J connectivity index is 1.55. The van der Waals surface area contributed by atoms with Gasteiger partial charge in [-0.05, 0) is 43.2 Å². The Morgan fingerprint density at radius 3 is 2.61 bits per heavy atom. The molecular weight excluding hydrogens is 442 g/mol. The van der Waals surface area contributed by atoms with Gasteiger partial charge in [-0.1, -0.05) is 54.8 Å². The molecule has 31 heavy (non-hydrogen) atoms. The minimum absolute atomic E-state index is 0.0180. The molecule has 5 nitrogen and oxygen atoms in total. The molecule has 0 saturated heterocycles. The fourth-order valence-electron chi connectivity index (χ4n) is 3.78. The van der Waals surface area contributed by atoms with Crippen LogP contribution >= 0.6 is 23.4 Å². The zero-order valence-corrected chi connectivity index (χ0v) is 18.2. The summed E-state index contributed by atoms with van der Waals surface area (Å²) in [6.45, 7) is 0. The van der Waals surface area contributed by atoms with Gasteiger partial charge in [0.05, 0.1) is 17.0 Å². The first kappa shape index (κ1) is 21.8. The summed E-state index contributed by atoms with van der Waals surface area (Å²) >= 11 is 6.95. The zero-order valence-electron chi connectivity index (χ0n) is 16.7. The quantitative estimate of drug-likeness (QED) is 0.449. The molecule has 1 fully saturated rings. The molecule has 0 unspecified atom stereocenters. The largest absolute Gasteiger partial charge is 0.323 e. The van der Waals surface area contributed by atoms with Gasteiger partial charge in [0.25, 0.3) is 0 Å². The smallest absolute Gasteiger partial charge is 0.234 e. The van der Waals surface area contributed by atoms with Crippen LogP contribution in [0.25, 0.3) is 11.4 Å². The van der Waals surface area contributed by atoms with Crippen LogP contribution in [0.4, 0.5) is 14.5 Å². The molecule has 0 aliphatic heterocycles. The molecular formula is C22H21ClF2N4OS. The van der Waals surface area contributed by atoms with Crippen molar-refractivity contribution in [3.05, 3.63) is 59.1 Å². The van der Waals surface area contributed by atoms with E-state index in [1.165, 1.54) is 36.4 Å². The van der Waals surface area contributed by atoms with Gasteiger partial charge in [0.15, 0.2) is 11.0 Å². The number of amides is 1. The van der Waals surface area contributed by atoms with E-state index in [0.29, 0.717) is 16.5 Å². The lowest BCUT2D eigenvalue weighted by atomic mass is 9.95. The van der Waals surface area contributed by atoms with E-state index in [0.717, 1.165) is 31.7 Å². The van der Waals surface area contributed by atoms with Crippen molar-refractivity contribution < 1.29 is 13.6 Å². The first-order valence-electron chi connectivity index (χ1n) is 10.1. The van der Waals surface area contributed by atoms with E-state index < -0.39 is 5.82 Å². The number of hydrogen-bond donors (Lipinski definition) is 1. The molecule has 1 aliphatic carbocycles. The van der Waals surface area contributed by atoms with Crippen LogP contribution in [0.1, 0.15) is 38.1 Å². The van der Waals surface area contributed by atoms with Crippen molar-refractivity contribution in [2.75, 3.05) is 11.1 Å². The summed E-state index contributed by atoms with van der Waals surface area (Å²) in [5, 5.41) is 11.9. The molecule has 3 aromatic rings. The maximum absolute atomic E-state index is 14.5. The van der Waals surface area contributed by atoms with Gasteiger partial charge in [0, 0.05) is 11.1 Å². The highest BCUT2D eigenvalue weighted by Gasteiger charge is 2.25. The van der Waals surface area contributed by atoms with E-state index in [4.69, 9.17) is 11.6 Å². The highest BCUT2D eigenvalue weighted by molar-refractivity contribution is 7.99. The summed E-state index contributed by atoms with van der Waals surface area (Å²) < 4.78 is 30.4. The van der Waals surface area contributed by atoms with Crippen molar-refractivity contribution in [3.63, 3.8) is 0 Å². The SMILES string of the molecule is O=C(CSc1nnc(-c2ccccc2F)n1C1CCCCC1)Nc1ccc(Cl)cc1F. The number of nitrogens with one attached hydrogen (secondary N) is 1. The second kappa shape index (κ2) is 9.78. The van der Waals surface area contributed by atoms with Crippen LogP contribution in [0.15, 0.2) is 47.6 Å². The highest BCUT2D eigenvalue weighted by Crippen LogP contribution is 2.36. The Labute approximate surface area is 188 Å². The lowest BCUT2D eigenvalue weighted by molar-refractivity contribution is -0.113. The molecule has 1 aromatic heterocycles. The second-order valence-corrected chi connectivity index (χ2v) is 8.79. The number of halogens is 3. The van der Waals surface area contributed by atoms with E-state index in [9.17, 15) is 13.6 Å². The Morgan fingerprint density at radius 2 is 1.87 bits per heavy atom. The molecule has 1 heterocycles. The summed E-state index contributed by atoms with van der Waals surface area (Å²) in [6.07, 6.45) is 5.25. The number of benzene rings is 2. The first-order valence-corrected chi connectivity index (χ1v) is 11.5. The van der Waals surface area contributed by atoms with Gasteiger partial charge in [-0.2, -0.15) is 0 Å². The third kappa shape index (κ3) is 5.07. The first-order chi connectivity index (χ1) is 15.0. The normalized spacial score (nSPS) is 14.5. The summed E-state index contributed by atoms with van der Waals surface area (Å²) in [4.78, 5) is 12.4. The van der Waals surface area contributed by atoms with E-state index >= 15 is 0 Å². The van der Waals surface area contributed by atoms with Crippen molar-refractivity contribution in [3.8, 4) is 11.4 Å². The van der Waals surface area contributed by atoms with Crippen LogP contribution < -0.4 is 5.32 Å². The molecule has 1 aliphatic rings. The van der Waals surface area contributed by atoms with Gasteiger partial charge < -0.3 is 5.32 Å². The summed E-state index contributed by atoms with van der Waals surface area (Å²) in [6, 6.07) is 10.7. The Bertz CT molecular complexity index is 1090. The van der Waals surface area contributed by atoms with Crippen LogP contribution in [0.2, 0.25) is 5.02 Å². The minimum Gasteiger partial charge on any atom is -0.323 e. The van der Waals surface area contributed by atoms with Crippen molar-refractivity contribution in [1.29, 1.82) is 0 Å². The van der Waals surface area contributed by atoms with Crippen LogP contribution in [0.3, 0.4) is 0 Å². The Hall–Kier alpha value is -2.45. The van der Waals surface area contributed by atoms with Crippen LogP contribution in [0, 0.1) is 11.6 Å². The number of carbonyl (C=O) groups excluding carboxylic acids is 1. The Morgan fingerprint density at radius 1 is 1.10 bits per heavy atom. The van der Waals surface area contributed by atoms with Gasteiger partial charge in [-0.15, -0.1) is 10.2 Å². The predicted octanol–water partition coefficient (Wildman–Crippen LogP) is 6.11. The van der Waals surface area contributed by atoms with Crippen LogP contribution in [-0.2, 0) is 4.79 Å². The van der Waals surface area contributed by atoms with E-state index in [1.54, 1.807) is 18.2 Å². The average Bonchev–Trinajstić information content (AvgIpc) is 3.19. The average molecular weight is 463 g/mol. The van der Waals surface area contributed by atoms with Gasteiger partial charge in [0.2, 0.25) is 5.91 Å². The van der Waals surface area contributed by atoms with E-state index in [2.05, 4.69) is 15.5 Å². The molecule has 4 rings (SSSR count). The monoisotopic (exact) mass is 462 g/mol. The molecule has 9 heteroatoms. The zero-order chi connectivity index (χ0) is 21.8. The van der Waals surface area contributed by atoms with Crippen molar-refractivity contribution in [2.24, 2.45) is 0 Å². The Kier molecular flexibility index (Phi) is 6.87. The predicted molar refractivity (Wildman–Crippen MR) is 118 cm³/mol. The van der Waals surface area contributed by atoms with Crippen molar-refractivity contribution in [2.45, 2.75) is 43.3 Å². The lowest BCUT2D eigenvalue weighted by Gasteiger charge is -2.25. The molecule has 1 N–H and O–H groups in total. The topological polar surface area (TPSA) is 59.8 Å². The number of thioether (sulfide) groups is 1. The fraction of sp³-hybridized carbons (Fsp3) is 0.318. The van der Waals surface area contributed by atoms with Gasteiger partial charge in [0.1, 0.15) is 11.6 Å². The van der Waals surface area contributed by atoms with Gasteiger partial charge >= 0.3 is 0 Å². The second-order valence-electron chi connectivity index (χ2n) is 7.41. The third-order valence-corrected chi connectivity index (χ3v) is 6.43. The number of rotatable bonds is 6. The number of aromatic nitrogens is 3. The van der Waals surface area contributed by atoms with E-state index in [1.807, 2.05) is 4.57 Å². The third-order valence-electron chi connectivity index (χ3n) is 5.26. The molecule has 2 aromatic carbocycles. The number of hydrogen-bond acceptors (Lipinski definition) is 4.